The van der Waals surface area contributed by atoms with Crippen molar-refractivity contribution >= 4 is 53.1 Å². The molecule has 3 rings (SSSR count). The molecule has 0 atom stereocenters. The Kier molecular flexibility index (Phi) is 8.21. The number of guanidine groups is 1. The average Bonchev–Trinajstić information content (AvgIpc) is 3.26. The van der Waals surface area contributed by atoms with Crippen molar-refractivity contribution in [1.29, 1.82) is 0 Å². The Balaban J connectivity index is 0.00000261. The molecule has 2 N–H and O–H groups in total. The number of aliphatic imine (C=N–C) groups is 1. The molecule has 0 bridgehead atoms. The fraction of sp³-hybridized carbons (Fsp3) is 0.600. The number of likely N-dealkylation sites (tertiary alicyclic amines) is 1. The molecule has 27 heavy (non-hydrogen) atoms. The van der Waals surface area contributed by atoms with E-state index in [1.54, 1.807) is 0 Å². The Morgan fingerprint density at radius 3 is 2.74 bits per heavy atom. The molecule has 1 aromatic rings. The van der Waals surface area contributed by atoms with Crippen LogP contribution in [0.15, 0.2) is 23.2 Å². The van der Waals surface area contributed by atoms with E-state index in [4.69, 9.17) is 11.6 Å². The van der Waals surface area contributed by atoms with Gasteiger partial charge in [-0.1, -0.05) is 30.5 Å². The molecule has 0 unspecified atom stereocenters. The number of hydrogen-bond donors (Lipinski definition) is 2. The Labute approximate surface area is 184 Å². The molecule has 2 fully saturated rings. The third-order valence-corrected chi connectivity index (χ3v) is 6.20. The minimum Gasteiger partial charge on any atom is -0.356 e. The minimum atomic E-state index is -0.0213. The second-order valence-corrected chi connectivity index (χ2v) is 7.97. The molecule has 1 aliphatic carbocycles. The number of nitrogens with one attached hydrogen (secondary N) is 2. The molecular formula is C20H30ClIN4O. The Morgan fingerprint density at radius 2 is 2.04 bits per heavy atom. The van der Waals surface area contributed by atoms with Gasteiger partial charge in [0.15, 0.2) is 5.96 Å². The number of anilines is 1. The highest BCUT2D eigenvalue weighted by Crippen LogP contribution is 2.45. The maximum atomic E-state index is 12.2. The molecule has 7 heteroatoms. The van der Waals surface area contributed by atoms with Crippen molar-refractivity contribution in [2.24, 2.45) is 10.4 Å². The van der Waals surface area contributed by atoms with Crippen LogP contribution in [0.5, 0.6) is 0 Å². The normalized spacial score (nSPS) is 18.5. The van der Waals surface area contributed by atoms with Crippen LogP contribution in [-0.2, 0) is 4.79 Å². The highest BCUT2D eigenvalue weighted by atomic mass is 127. The minimum absolute atomic E-state index is 0. The third kappa shape index (κ3) is 5.50. The van der Waals surface area contributed by atoms with Gasteiger partial charge in [0.1, 0.15) is 0 Å². The summed E-state index contributed by atoms with van der Waals surface area (Å²) in [6.45, 7) is 4.64. The molecule has 1 amide bonds. The van der Waals surface area contributed by atoms with Gasteiger partial charge in [0, 0.05) is 43.8 Å². The zero-order chi connectivity index (χ0) is 18.6. The SMILES string of the molecule is CN=C(NCCC(=O)Nc1cccc(Cl)c1C)N1CCC2(CCCC2)C1.I. The monoisotopic (exact) mass is 504 g/mol. The molecule has 1 aliphatic heterocycles. The van der Waals surface area contributed by atoms with E-state index in [1.807, 2.05) is 32.2 Å². The van der Waals surface area contributed by atoms with E-state index >= 15 is 0 Å². The summed E-state index contributed by atoms with van der Waals surface area (Å²) in [5, 5.41) is 6.95. The summed E-state index contributed by atoms with van der Waals surface area (Å²) in [6.07, 6.45) is 7.09. The van der Waals surface area contributed by atoms with Crippen LogP contribution in [0.2, 0.25) is 5.02 Å². The van der Waals surface area contributed by atoms with Crippen LogP contribution in [0.25, 0.3) is 0 Å². The summed E-state index contributed by atoms with van der Waals surface area (Å²) in [5.74, 6) is 0.896. The topological polar surface area (TPSA) is 56.7 Å². The first-order valence-corrected chi connectivity index (χ1v) is 9.91. The summed E-state index contributed by atoms with van der Waals surface area (Å²) >= 11 is 6.10. The number of hydrogen-bond acceptors (Lipinski definition) is 2. The Hall–Kier alpha value is -1.02. The second kappa shape index (κ2) is 9.96. The van der Waals surface area contributed by atoms with Crippen LogP contribution in [0, 0.1) is 12.3 Å². The standard InChI is InChI=1S/C20H29ClN4O.HI/c1-15-16(21)6-5-7-17(15)24-18(26)8-12-23-19(22-2)25-13-11-20(14-25)9-3-4-10-20;/h5-7H,3-4,8-14H2,1-2H3,(H,22,23)(H,24,26);1H. The highest BCUT2D eigenvalue weighted by Gasteiger charge is 2.41. The van der Waals surface area contributed by atoms with Gasteiger partial charge in [0.2, 0.25) is 5.91 Å². The molecule has 1 saturated heterocycles. The second-order valence-electron chi connectivity index (χ2n) is 7.56. The van der Waals surface area contributed by atoms with Gasteiger partial charge in [-0.3, -0.25) is 9.79 Å². The van der Waals surface area contributed by atoms with Gasteiger partial charge in [-0.15, -0.1) is 24.0 Å². The lowest BCUT2D eigenvalue weighted by Gasteiger charge is -2.25. The molecule has 2 aliphatic rings. The third-order valence-electron chi connectivity index (χ3n) is 5.79. The van der Waals surface area contributed by atoms with Gasteiger partial charge >= 0.3 is 0 Å². The molecule has 1 aromatic carbocycles. The van der Waals surface area contributed by atoms with E-state index in [2.05, 4.69) is 20.5 Å². The maximum Gasteiger partial charge on any atom is 0.226 e. The fourth-order valence-corrected chi connectivity index (χ4v) is 4.40. The first-order valence-electron chi connectivity index (χ1n) is 9.54. The molecule has 1 saturated carbocycles. The fourth-order valence-electron chi connectivity index (χ4n) is 4.22. The maximum absolute atomic E-state index is 12.2. The molecule has 1 heterocycles. The molecule has 150 valence electrons. The van der Waals surface area contributed by atoms with E-state index in [-0.39, 0.29) is 29.9 Å². The van der Waals surface area contributed by atoms with Crippen LogP contribution in [0.3, 0.4) is 0 Å². The van der Waals surface area contributed by atoms with Crippen LogP contribution >= 0.6 is 35.6 Å². The van der Waals surface area contributed by atoms with Gasteiger partial charge in [-0.05, 0) is 49.3 Å². The van der Waals surface area contributed by atoms with Crippen molar-refractivity contribution in [3.63, 3.8) is 0 Å². The Bertz CT molecular complexity index is 689. The van der Waals surface area contributed by atoms with Crippen molar-refractivity contribution in [2.75, 3.05) is 32.0 Å². The molecule has 0 radical (unpaired) electrons. The van der Waals surface area contributed by atoms with E-state index in [1.165, 1.54) is 32.1 Å². The van der Waals surface area contributed by atoms with E-state index in [9.17, 15) is 4.79 Å². The first-order chi connectivity index (χ1) is 12.5. The lowest BCUT2D eigenvalue weighted by molar-refractivity contribution is -0.116. The smallest absolute Gasteiger partial charge is 0.226 e. The molecule has 5 nitrogen and oxygen atoms in total. The zero-order valence-corrected chi connectivity index (χ0v) is 19.3. The number of nitrogens with zero attached hydrogens (tertiary/aromatic N) is 2. The number of amides is 1. The summed E-state index contributed by atoms with van der Waals surface area (Å²) in [6, 6.07) is 5.54. The molecule has 0 aromatic heterocycles. The van der Waals surface area contributed by atoms with Crippen molar-refractivity contribution < 1.29 is 4.79 Å². The predicted octanol–water partition coefficient (Wildman–Crippen LogP) is 4.44. The van der Waals surface area contributed by atoms with Crippen LogP contribution in [0.4, 0.5) is 5.69 Å². The number of benzene rings is 1. The van der Waals surface area contributed by atoms with Gasteiger partial charge in [-0.2, -0.15) is 0 Å². The lowest BCUT2D eigenvalue weighted by Crippen LogP contribution is -2.42. The zero-order valence-electron chi connectivity index (χ0n) is 16.2. The van der Waals surface area contributed by atoms with Crippen molar-refractivity contribution in [3.8, 4) is 0 Å². The summed E-state index contributed by atoms with van der Waals surface area (Å²) in [4.78, 5) is 19.0. The van der Waals surface area contributed by atoms with E-state index in [0.717, 1.165) is 30.3 Å². The molecule has 1 spiro atoms. The van der Waals surface area contributed by atoms with Crippen LogP contribution in [0.1, 0.15) is 44.1 Å². The van der Waals surface area contributed by atoms with Crippen LogP contribution < -0.4 is 10.6 Å². The van der Waals surface area contributed by atoms with Gasteiger partial charge < -0.3 is 15.5 Å². The highest BCUT2D eigenvalue weighted by molar-refractivity contribution is 14.0. The summed E-state index contributed by atoms with van der Waals surface area (Å²) < 4.78 is 0. The van der Waals surface area contributed by atoms with E-state index < -0.39 is 0 Å². The number of rotatable bonds is 4. The van der Waals surface area contributed by atoms with E-state index in [0.29, 0.717) is 23.4 Å². The first kappa shape index (κ1) is 22.3. The largest absolute Gasteiger partial charge is 0.356 e. The predicted molar refractivity (Wildman–Crippen MR) is 123 cm³/mol. The average molecular weight is 505 g/mol. The van der Waals surface area contributed by atoms with Crippen molar-refractivity contribution in [2.45, 2.75) is 45.4 Å². The lowest BCUT2D eigenvalue weighted by atomic mass is 9.86. The van der Waals surface area contributed by atoms with Gasteiger partial charge in [-0.25, -0.2) is 0 Å². The number of carbonyl (C=O) groups excluding carboxylic acids is 1. The Morgan fingerprint density at radius 1 is 1.30 bits per heavy atom. The van der Waals surface area contributed by atoms with Gasteiger partial charge in [0.05, 0.1) is 0 Å². The quantitative estimate of drug-likeness (QED) is 0.362. The van der Waals surface area contributed by atoms with Crippen molar-refractivity contribution in [1.82, 2.24) is 10.2 Å². The summed E-state index contributed by atoms with van der Waals surface area (Å²) in [5.41, 5.74) is 2.18. The molecular weight excluding hydrogens is 475 g/mol. The number of carbonyl (C=O) groups is 1. The van der Waals surface area contributed by atoms with Crippen LogP contribution in [-0.4, -0.2) is 43.4 Å². The van der Waals surface area contributed by atoms with Gasteiger partial charge in [0.25, 0.3) is 0 Å². The van der Waals surface area contributed by atoms with Crippen molar-refractivity contribution in [3.05, 3.63) is 28.8 Å². The number of halogens is 2. The summed E-state index contributed by atoms with van der Waals surface area (Å²) in [7, 11) is 1.82.